The lowest BCUT2D eigenvalue weighted by molar-refractivity contribution is 0.0811. The summed E-state index contributed by atoms with van der Waals surface area (Å²) < 4.78 is 10.2. The van der Waals surface area contributed by atoms with E-state index in [0.717, 1.165) is 0 Å². The van der Waals surface area contributed by atoms with Crippen LogP contribution in [0.3, 0.4) is 0 Å². The first-order valence-corrected chi connectivity index (χ1v) is 4.98. The molecule has 0 N–H and O–H groups in total. The van der Waals surface area contributed by atoms with Gasteiger partial charge in [-0.25, -0.2) is 0 Å². The molecule has 0 saturated carbocycles. The number of methoxy groups -OCH3 is 2. The topological polar surface area (TPSA) is 62.6 Å². The Labute approximate surface area is 100 Å². The van der Waals surface area contributed by atoms with E-state index >= 15 is 0 Å². The molecule has 0 bridgehead atoms. The minimum Gasteiger partial charge on any atom is -0.493 e. The van der Waals surface area contributed by atoms with Gasteiger partial charge in [-0.05, 0) is 18.2 Å². The number of carbonyl (C=O) groups is 1. The van der Waals surface area contributed by atoms with Crippen LogP contribution in [0.25, 0.3) is 0 Å². The van der Waals surface area contributed by atoms with Gasteiger partial charge in [0.1, 0.15) is 6.54 Å². The van der Waals surface area contributed by atoms with Gasteiger partial charge in [-0.1, -0.05) is 0 Å². The van der Waals surface area contributed by atoms with Crippen LogP contribution in [0.1, 0.15) is 10.4 Å². The van der Waals surface area contributed by atoms with Gasteiger partial charge < -0.3 is 14.4 Å². The van der Waals surface area contributed by atoms with Crippen LogP contribution in [0.15, 0.2) is 18.2 Å². The van der Waals surface area contributed by atoms with Crippen LogP contribution in [0.2, 0.25) is 0 Å². The summed E-state index contributed by atoms with van der Waals surface area (Å²) in [6, 6.07) is 6.81. The standard InChI is InChI=1S/C12H14N2O3/c1-14(7-6-13)12(15)9-4-5-10(16-2)11(8-9)17-3/h4-5,8H,7H2,1-3H3. The van der Waals surface area contributed by atoms with Crippen LogP contribution in [0.5, 0.6) is 11.5 Å². The monoisotopic (exact) mass is 234 g/mol. The van der Waals surface area contributed by atoms with Crippen LogP contribution in [0.4, 0.5) is 0 Å². The number of ether oxygens (including phenoxy) is 2. The van der Waals surface area contributed by atoms with Crippen molar-refractivity contribution < 1.29 is 14.3 Å². The summed E-state index contributed by atoms with van der Waals surface area (Å²) >= 11 is 0. The van der Waals surface area contributed by atoms with Crippen LogP contribution >= 0.6 is 0 Å². The van der Waals surface area contributed by atoms with Crippen molar-refractivity contribution in [2.24, 2.45) is 0 Å². The molecule has 1 amide bonds. The number of rotatable bonds is 4. The van der Waals surface area contributed by atoms with Gasteiger partial charge in [0.2, 0.25) is 0 Å². The molecule has 0 saturated heterocycles. The summed E-state index contributed by atoms with van der Waals surface area (Å²) in [5, 5.41) is 8.53. The van der Waals surface area contributed by atoms with E-state index in [4.69, 9.17) is 14.7 Å². The lowest BCUT2D eigenvalue weighted by Crippen LogP contribution is -2.26. The molecule has 0 aromatic heterocycles. The highest BCUT2D eigenvalue weighted by atomic mass is 16.5. The van der Waals surface area contributed by atoms with E-state index in [-0.39, 0.29) is 12.5 Å². The Morgan fingerprint density at radius 2 is 2.00 bits per heavy atom. The summed E-state index contributed by atoms with van der Waals surface area (Å²) in [4.78, 5) is 13.2. The quantitative estimate of drug-likeness (QED) is 0.737. The molecule has 0 aliphatic rings. The summed E-state index contributed by atoms with van der Waals surface area (Å²) in [6.07, 6.45) is 0. The minimum atomic E-state index is -0.229. The van der Waals surface area contributed by atoms with Gasteiger partial charge >= 0.3 is 0 Å². The van der Waals surface area contributed by atoms with E-state index in [1.807, 2.05) is 6.07 Å². The smallest absolute Gasteiger partial charge is 0.254 e. The van der Waals surface area contributed by atoms with E-state index in [9.17, 15) is 4.79 Å². The molecule has 0 radical (unpaired) electrons. The Morgan fingerprint density at radius 1 is 1.35 bits per heavy atom. The zero-order chi connectivity index (χ0) is 12.8. The second-order valence-corrected chi connectivity index (χ2v) is 3.39. The molecule has 0 aliphatic heterocycles. The van der Waals surface area contributed by atoms with Gasteiger partial charge in [0.25, 0.3) is 5.91 Å². The van der Waals surface area contributed by atoms with Gasteiger partial charge in [0, 0.05) is 12.6 Å². The Morgan fingerprint density at radius 3 is 2.53 bits per heavy atom. The van der Waals surface area contributed by atoms with Crippen molar-refractivity contribution in [1.82, 2.24) is 4.90 Å². The minimum absolute atomic E-state index is 0.0488. The number of nitrogens with zero attached hydrogens (tertiary/aromatic N) is 2. The Kier molecular flexibility index (Phi) is 4.35. The SMILES string of the molecule is COc1ccc(C(=O)N(C)CC#N)cc1OC. The second kappa shape index (κ2) is 5.75. The summed E-state index contributed by atoms with van der Waals surface area (Å²) in [5.41, 5.74) is 0.459. The zero-order valence-electron chi connectivity index (χ0n) is 10.1. The van der Waals surface area contributed by atoms with Crippen molar-refractivity contribution in [1.29, 1.82) is 5.26 Å². The Bertz CT molecular complexity index is 452. The number of amides is 1. The highest BCUT2D eigenvalue weighted by Gasteiger charge is 2.14. The molecule has 0 heterocycles. The molecule has 90 valence electrons. The third-order valence-corrected chi connectivity index (χ3v) is 2.29. The molecule has 5 nitrogen and oxygen atoms in total. The maximum atomic E-state index is 11.9. The number of hydrogen-bond acceptors (Lipinski definition) is 4. The first-order valence-electron chi connectivity index (χ1n) is 4.98. The number of nitriles is 1. The second-order valence-electron chi connectivity index (χ2n) is 3.39. The third kappa shape index (κ3) is 2.88. The van der Waals surface area contributed by atoms with Crippen LogP contribution in [-0.2, 0) is 0 Å². The molecule has 0 spiro atoms. The van der Waals surface area contributed by atoms with Crippen molar-refractivity contribution in [3.63, 3.8) is 0 Å². The Balaban J connectivity index is 3.00. The van der Waals surface area contributed by atoms with Crippen molar-refractivity contribution in [3.8, 4) is 17.6 Å². The molecular weight excluding hydrogens is 220 g/mol. The van der Waals surface area contributed by atoms with E-state index in [1.165, 1.54) is 19.1 Å². The number of benzene rings is 1. The summed E-state index contributed by atoms with van der Waals surface area (Å²) in [7, 11) is 4.61. The van der Waals surface area contributed by atoms with E-state index in [2.05, 4.69) is 0 Å². The highest BCUT2D eigenvalue weighted by molar-refractivity contribution is 5.94. The lowest BCUT2D eigenvalue weighted by Gasteiger charge is -2.14. The van der Waals surface area contributed by atoms with E-state index < -0.39 is 0 Å². The first kappa shape index (κ1) is 12.8. The van der Waals surface area contributed by atoms with E-state index in [0.29, 0.717) is 17.1 Å². The molecule has 17 heavy (non-hydrogen) atoms. The summed E-state index contributed by atoms with van der Waals surface area (Å²) in [6.45, 7) is 0.0488. The Hall–Kier alpha value is -2.22. The first-order chi connectivity index (χ1) is 8.13. The molecule has 0 aliphatic carbocycles. The van der Waals surface area contributed by atoms with Crippen LogP contribution in [0, 0.1) is 11.3 Å². The van der Waals surface area contributed by atoms with Gasteiger partial charge in [0.05, 0.1) is 20.3 Å². The maximum Gasteiger partial charge on any atom is 0.254 e. The fourth-order valence-corrected chi connectivity index (χ4v) is 1.37. The van der Waals surface area contributed by atoms with Crippen molar-refractivity contribution >= 4 is 5.91 Å². The van der Waals surface area contributed by atoms with Gasteiger partial charge in [-0.3, -0.25) is 4.79 Å². The molecule has 0 unspecified atom stereocenters. The average Bonchev–Trinajstić information content (AvgIpc) is 2.37. The number of carbonyl (C=O) groups excluding carboxylic acids is 1. The molecule has 1 aromatic carbocycles. The predicted molar refractivity (Wildman–Crippen MR) is 62.1 cm³/mol. The van der Waals surface area contributed by atoms with Gasteiger partial charge in [-0.2, -0.15) is 5.26 Å². The average molecular weight is 234 g/mol. The normalized spacial score (nSPS) is 9.29. The molecule has 1 rings (SSSR count). The third-order valence-electron chi connectivity index (χ3n) is 2.29. The maximum absolute atomic E-state index is 11.9. The van der Waals surface area contributed by atoms with E-state index in [1.54, 1.807) is 25.2 Å². The highest BCUT2D eigenvalue weighted by Crippen LogP contribution is 2.27. The largest absolute Gasteiger partial charge is 0.493 e. The zero-order valence-corrected chi connectivity index (χ0v) is 10.1. The van der Waals surface area contributed by atoms with Crippen LogP contribution < -0.4 is 9.47 Å². The van der Waals surface area contributed by atoms with Crippen LogP contribution in [-0.4, -0.2) is 38.6 Å². The fourth-order valence-electron chi connectivity index (χ4n) is 1.37. The molecular formula is C12H14N2O3. The molecule has 0 fully saturated rings. The van der Waals surface area contributed by atoms with Gasteiger partial charge in [-0.15, -0.1) is 0 Å². The fraction of sp³-hybridized carbons (Fsp3) is 0.333. The van der Waals surface area contributed by atoms with Crippen molar-refractivity contribution in [2.45, 2.75) is 0 Å². The molecule has 1 aromatic rings. The van der Waals surface area contributed by atoms with Crippen molar-refractivity contribution in [2.75, 3.05) is 27.8 Å². The van der Waals surface area contributed by atoms with Crippen molar-refractivity contribution in [3.05, 3.63) is 23.8 Å². The molecule has 5 heteroatoms. The lowest BCUT2D eigenvalue weighted by atomic mass is 10.2. The van der Waals surface area contributed by atoms with Gasteiger partial charge in [0.15, 0.2) is 11.5 Å². The number of hydrogen-bond donors (Lipinski definition) is 0. The predicted octanol–water partition coefficient (Wildman–Crippen LogP) is 1.30. The summed E-state index contributed by atoms with van der Waals surface area (Å²) in [5.74, 6) is 0.822. The molecule has 0 atom stereocenters.